The molecule has 1 saturated heterocycles. The smallest absolute Gasteiger partial charge is 0.269 e. The van der Waals surface area contributed by atoms with Crippen LogP contribution in [-0.2, 0) is 9.59 Å². The second kappa shape index (κ2) is 6.19. The fourth-order valence-electron chi connectivity index (χ4n) is 1.80. The van der Waals surface area contributed by atoms with Crippen molar-refractivity contribution < 1.29 is 14.5 Å². The molecule has 0 bridgehead atoms. The van der Waals surface area contributed by atoms with Crippen LogP contribution in [-0.4, -0.2) is 26.3 Å². The van der Waals surface area contributed by atoms with E-state index in [4.69, 9.17) is 12.2 Å². The molecule has 9 heteroatoms. The Morgan fingerprint density at radius 1 is 1.57 bits per heavy atom. The van der Waals surface area contributed by atoms with Gasteiger partial charge < -0.3 is 10.6 Å². The van der Waals surface area contributed by atoms with Gasteiger partial charge in [-0.2, -0.15) is 0 Å². The molecule has 2 rings (SSSR count). The van der Waals surface area contributed by atoms with Gasteiger partial charge in [0.05, 0.1) is 10.2 Å². The Morgan fingerprint density at radius 2 is 2.29 bits per heavy atom. The molecule has 1 aliphatic rings. The zero-order valence-corrected chi connectivity index (χ0v) is 12.5. The lowest BCUT2D eigenvalue weighted by atomic mass is 10.1. The number of anilines is 1. The number of amides is 2. The lowest BCUT2D eigenvalue weighted by Crippen LogP contribution is -2.27. The highest BCUT2D eigenvalue weighted by molar-refractivity contribution is 8.24. The van der Waals surface area contributed by atoms with Crippen molar-refractivity contribution in [1.82, 2.24) is 5.32 Å². The van der Waals surface area contributed by atoms with Crippen LogP contribution in [0.5, 0.6) is 0 Å². The SMILES string of the molecule is Cc1cc([N+](=O)[O-])ccc1NC(=O)C[C@H]1SC(=S)NC1=O. The molecule has 7 nitrogen and oxygen atoms in total. The second-order valence-electron chi connectivity index (χ2n) is 4.39. The first-order valence-corrected chi connectivity index (χ1v) is 7.22. The van der Waals surface area contributed by atoms with Gasteiger partial charge >= 0.3 is 0 Å². The van der Waals surface area contributed by atoms with Crippen LogP contribution in [0.25, 0.3) is 0 Å². The summed E-state index contributed by atoms with van der Waals surface area (Å²) in [7, 11) is 0. The van der Waals surface area contributed by atoms with Crippen molar-refractivity contribution in [1.29, 1.82) is 0 Å². The van der Waals surface area contributed by atoms with Crippen LogP contribution in [0.4, 0.5) is 11.4 Å². The van der Waals surface area contributed by atoms with Crippen molar-refractivity contribution >= 4 is 51.5 Å². The molecule has 0 aliphatic carbocycles. The van der Waals surface area contributed by atoms with Crippen molar-refractivity contribution in [2.45, 2.75) is 18.6 Å². The number of hydrogen-bond acceptors (Lipinski definition) is 6. The first-order valence-electron chi connectivity index (χ1n) is 5.93. The second-order valence-corrected chi connectivity index (χ2v) is 6.27. The highest BCUT2D eigenvalue weighted by Crippen LogP contribution is 2.24. The summed E-state index contributed by atoms with van der Waals surface area (Å²) in [6, 6.07) is 4.16. The molecule has 2 amide bonds. The van der Waals surface area contributed by atoms with E-state index in [0.717, 1.165) is 11.8 Å². The lowest BCUT2D eigenvalue weighted by molar-refractivity contribution is -0.384. The third kappa shape index (κ3) is 3.76. The summed E-state index contributed by atoms with van der Waals surface area (Å²) in [5, 5.41) is 15.2. The van der Waals surface area contributed by atoms with E-state index < -0.39 is 10.2 Å². The van der Waals surface area contributed by atoms with Gasteiger partial charge in [0.25, 0.3) is 5.69 Å². The van der Waals surface area contributed by atoms with Gasteiger partial charge in [0.15, 0.2) is 0 Å². The Bertz CT molecular complexity index is 647. The van der Waals surface area contributed by atoms with Crippen LogP contribution in [0, 0.1) is 17.0 Å². The minimum atomic E-state index is -0.532. The van der Waals surface area contributed by atoms with E-state index in [1.165, 1.54) is 18.2 Å². The molecule has 0 radical (unpaired) electrons. The Balaban J connectivity index is 2.01. The molecule has 0 aromatic heterocycles. The number of thioether (sulfide) groups is 1. The normalized spacial score (nSPS) is 17.5. The summed E-state index contributed by atoms with van der Waals surface area (Å²) < 4.78 is 0.365. The number of carbonyl (C=O) groups is 2. The molecule has 2 N–H and O–H groups in total. The van der Waals surface area contributed by atoms with Gasteiger partial charge in [0, 0.05) is 24.2 Å². The average Bonchev–Trinajstić information content (AvgIpc) is 2.70. The van der Waals surface area contributed by atoms with Crippen LogP contribution < -0.4 is 10.6 Å². The van der Waals surface area contributed by atoms with Crippen molar-refractivity contribution in [2.75, 3.05) is 5.32 Å². The summed E-state index contributed by atoms with van der Waals surface area (Å²) in [5.74, 6) is -0.620. The maximum Gasteiger partial charge on any atom is 0.269 e. The first kappa shape index (κ1) is 15.4. The zero-order valence-electron chi connectivity index (χ0n) is 10.9. The summed E-state index contributed by atoms with van der Waals surface area (Å²) >= 11 is 5.99. The van der Waals surface area contributed by atoms with Gasteiger partial charge in [-0.3, -0.25) is 19.7 Å². The number of hydrogen-bond donors (Lipinski definition) is 2. The maximum atomic E-state index is 11.9. The number of benzene rings is 1. The van der Waals surface area contributed by atoms with E-state index in [1.807, 2.05) is 0 Å². The largest absolute Gasteiger partial charge is 0.326 e. The Kier molecular flexibility index (Phi) is 4.53. The third-order valence-electron chi connectivity index (χ3n) is 2.83. The number of non-ortho nitro benzene ring substituents is 1. The fraction of sp³-hybridized carbons (Fsp3) is 0.250. The number of carbonyl (C=O) groups excluding carboxylic acids is 2. The van der Waals surface area contributed by atoms with Gasteiger partial charge in [-0.15, -0.1) is 0 Å². The number of nitrogens with zero attached hydrogens (tertiary/aromatic N) is 1. The van der Waals surface area contributed by atoms with Gasteiger partial charge in [-0.1, -0.05) is 24.0 Å². The Labute approximate surface area is 129 Å². The van der Waals surface area contributed by atoms with E-state index in [9.17, 15) is 19.7 Å². The Morgan fingerprint density at radius 3 is 2.81 bits per heavy atom. The van der Waals surface area contributed by atoms with Crippen LogP contribution in [0.15, 0.2) is 18.2 Å². The van der Waals surface area contributed by atoms with Crippen LogP contribution >= 0.6 is 24.0 Å². The van der Waals surface area contributed by atoms with E-state index in [1.54, 1.807) is 6.92 Å². The predicted octanol–water partition coefficient (Wildman–Crippen LogP) is 1.75. The third-order valence-corrected chi connectivity index (χ3v) is 4.20. The molecule has 1 aliphatic heterocycles. The summed E-state index contributed by atoms with van der Waals surface area (Å²) in [6.45, 7) is 1.66. The Hall–Kier alpha value is -2.00. The number of aryl methyl sites for hydroxylation is 1. The van der Waals surface area contributed by atoms with Crippen molar-refractivity contribution in [3.8, 4) is 0 Å². The van der Waals surface area contributed by atoms with Gasteiger partial charge in [0.1, 0.15) is 4.32 Å². The number of rotatable bonds is 4. The molecule has 0 saturated carbocycles. The van der Waals surface area contributed by atoms with Gasteiger partial charge in [0.2, 0.25) is 11.8 Å². The molecule has 1 aromatic carbocycles. The van der Waals surface area contributed by atoms with Crippen molar-refractivity contribution in [3.05, 3.63) is 33.9 Å². The average molecular weight is 325 g/mol. The van der Waals surface area contributed by atoms with E-state index in [-0.39, 0.29) is 23.9 Å². The molecule has 0 unspecified atom stereocenters. The van der Waals surface area contributed by atoms with Crippen LogP contribution in [0.2, 0.25) is 0 Å². The number of nitro groups is 1. The topological polar surface area (TPSA) is 101 Å². The highest BCUT2D eigenvalue weighted by Gasteiger charge is 2.31. The fourth-order valence-corrected chi connectivity index (χ4v) is 3.07. The highest BCUT2D eigenvalue weighted by atomic mass is 32.2. The molecular formula is C12H11N3O4S2. The van der Waals surface area contributed by atoms with E-state index in [0.29, 0.717) is 15.6 Å². The molecule has 1 fully saturated rings. The zero-order chi connectivity index (χ0) is 15.6. The molecule has 1 heterocycles. The molecule has 21 heavy (non-hydrogen) atoms. The summed E-state index contributed by atoms with van der Waals surface area (Å²) in [5.41, 5.74) is 1.02. The molecule has 1 atom stereocenters. The van der Waals surface area contributed by atoms with Crippen molar-refractivity contribution in [3.63, 3.8) is 0 Å². The minimum Gasteiger partial charge on any atom is -0.326 e. The maximum absolute atomic E-state index is 11.9. The number of nitro benzene ring substituents is 1. The first-order chi connectivity index (χ1) is 9.86. The van der Waals surface area contributed by atoms with E-state index >= 15 is 0 Å². The van der Waals surface area contributed by atoms with E-state index in [2.05, 4.69) is 10.6 Å². The van der Waals surface area contributed by atoms with Crippen LogP contribution in [0.1, 0.15) is 12.0 Å². The molecular weight excluding hydrogens is 314 g/mol. The quantitative estimate of drug-likeness (QED) is 0.497. The summed E-state index contributed by atoms with van der Waals surface area (Å²) in [4.78, 5) is 33.5. The van der Waals surface area contributed by atoms with Crippen LogP contribution in [0.3, 0.4) is 0 Å². The van der Waals surface area contributed by atoms with Gasteiger partial charge in [-0.25, -0.2) is 0 Å². The molecule has 1 aromatic rings. The predicted molar refractivity (Wildman–Crippen MR) is 83.2 cm³/mol. The van der Waals surface area contributed by atoms with Crippen molar-refractivity contribution in [2.24, 2.45) is 0 Å². The molecule has 0 spiro atoms. The lowest BCUT2D eigenvalue weighted by Gasteiger charge is -2.09. The molecule has 110 valence electrons. The summed E-state index contributed by atoms with van der Waals surface area (Å²) in [6.07, 6.45) is -0.00688. The monoisotopic (exact) mass is 325 g/mol. The number of nitrogens with one attached hydrogen (secondary N) is 2. The standard InChI is InChI=1S/C12H11N3O4S2/c1-6-4-7(15(18)19)2-3-8(6)13-10(16)5-9-11(17)14-12(20)21-9/h2-4,9H,5H2,1H3,(H,13,16)(H,14,17,20)/t9-/m1/s1. The number of thiocarbonyl (C=S) groups is 1. The van der Waals surface area contributed by atoms with Gasteiger partial charge in [-0.05, 0) is 18.6 Å². The minimum absolute atomic E-state index is 0.00688.